The van der Waals surface area contributed by atoms with Crippen LogP contribution in [0.5, 0.6) is 0 Å². The molecule has 0 saturated carbocycles. The summed E-state index contributed by atoms with van der Waals surface area (Å²) in [4.78, 5) is 38.4. The van der Waals surface area contributed by atoms with Gasteiger partial charge in [0.05, 0.1) is 12.2 Å². The maximum Gasteiger partial charge on any atom is 0.338 e. The van der Waals surface area contributed by atoms with E-state index in [2.05, 4.69) is 0 Å². The number of rotatable bonds is 4. The molecule has 116 valence electrons. The molecule has 2 rings (SSSR count). The number of carbonyl (C=O) groups excluding carboxylic acids is 3. The molecule has 1 atom stereocenters. The third-order valence-electron chi connectivity index (χ3n) is 3.68. The number of allylic oxidation sites excluding steroid dienone is 1. The summed E-state index contributed by atoms with van der Waals surface area (Å²) in [5, 5.41) is 0. The summed E-state index contributed by atoms with van der Waals surface area (Å²) < 4.78 is 5.10. The number of esters is 1. The van der Waals surface area contributed by atoms with Crippen molar-refractivity contribution in [2.24, 2.45) is 0 Å². The Kier molecular flexibility index (Phi) is 4.60. The zero-order valence-corrected chi connectivity index (χ0v) is 12.8. The third kappa shape index (κ3) is 2.59. The number of nitrogens with zero attached hydrogens (tertiary/aromatic N) is 2. The second-order valence-electron chi connectivity index (χ2n) is 4.89. The van der Waals surface area contributed by atoms with Crippen LogP contribution >= 0.6 is 0 Å². The minimum absolute atomic E-state index is 0.218. The Morgan fingerprint density at radius 3 is 2.50 bits per heavy atom. The number of imide groups is 1. The minimum atomic E-state index is -0.776. The first kappa shape index (κ1) is 15.8. The van der Waals surface area contributed by atoms with Crippen LogP contribution in [-0.2, 0) is 14.3 Å². The smallest absolute Gasteiger partial charge is 0.338 e. The van der Waals surface area contributed by atoms with E-state index >= 15 is 0 Å². The number of benzene rings is 1. The molecule has 6 nitrogen and oxygen atoms in total. The Balaban J connectivity index is 2.63. The van der Waals surface area contributed by atoms with E-state index in [9.17, 15) is 14.4 Å². The van der Waals surface area contributed by atoms with Gasteiger partial charge in [0.15, 0.2) is 0 Å². The van der Waals surface area contributed by atoms with Crippen LogP contribution in [-0.4, -0.2) is 41.9 Å². The first-order valence-electron chi connectivity index (χ1n) is 6.97. The predicted molar refractivity (Wildman–Crippen MR) is 79.6 cm³/mol. The van der Waals surface area contributed by atoms with Crippen LogP contribution in [0.4, 0.5) is 4.79 Å². The van der Waals surface area contributed by atoms with E-state index in [4.69, 9.17) is 4.74 Å². The molecule has 22 heavy (non-hydrogen) atoms. The molecule has 0 N–H and O–H groups in total. The molecule has 0 aliphatic carbocycles. The molecule has 0 saturated heterocycles. The first-order valence-corrected chi connectivity index (χ1v) is 6.97. The lowest BCUT2D eigenvalue weighted by Crippen LogP contribution is -2.48. The van der Waals surface area contributed by atoms with E-state index in [1.807, 2.05) is 6.07 Å². The van der Waals surface area contributed by atoms with Crippen molar-refractivity contribution in [1.29, 1.82) is 0 Å². The van der Waals surface area contributed by atoms with Crippen LogP contribution in [0, 0.1) is 0 Å². The number of amides is 3. The van der Waals surface area contributed by atoms with Gasteiger partial charge in [-0.1, -0.05) is 30.3 Å². The number of hydrogen-bond donors (Lipinski definition) is 0. The molecule has 3 amide bonds. The first-order chi connectivity index (χ1) is 10.5. The van der Waals surface area contributed by atoms with E-state index in [-0.39, 0.29) is 6.61 Å². The van der Waals surface area contributed by atoms with Crippen molar-refractivity contribution in [3.63, 3.8) is 0 Å². The van der Waals surface area contributed by atoms with E-state index in [0.717, 1.165) is 4.90 Å². The van der Waals surface area contributed by atoms with Crippen molar-refractivity contribution in [3.05, 3.63) is 47.2 Å². The maximum atomic E-state index is 12.3. The SMILES string of the molecule is CCOC(=O)C1=C(C)N(C)C(=O)N(C=O)[C@@H]1c1ccccc1. The van der Waals surface area contributed by atoms with Crippen molar-refractivity contribution < 1.29 is 19.1 Å². The number of urea groups is 1. The van der Waals surface area contributed by atoms with E-state index in [1.165, 1.54) is 11.9 Å². The van der Waals surface area contributed by atoms with Gasteiger partial charge in [-0.05, 0) is 19.4 Å². The van der Waals surface area contributed by atoms with Gasteiger partial charge in [-0.15, -0.1) is 0 Å². The number of hydrogen-bond acceptors (Lipinski definition) is 4. The zero-order chi connectivity index (χ0) is 16.3. The highest BCUT2D eigenvalue weighted by Crippen LogP contribution is 2.36. The summed E-state index contributed by atoms with van der Waals surface area (Å²) >= 11 is 0. The molecule has 1 aliphatic heterocycles. The van der Waals surface area contributed by atoms with Crippen LogP contribution in [0.15, 0.2) is 41.6 Å². The second kappa shape index (κ2) is 6.43. The predicted octanol–water partition coefficient (Wildman–Crippen LogP) is 2.09. The van der Waals surface area contributed by atoms with Crippen LogP contribution < -0.4 is 0 Å². The van der Waals surface area contributed by atoms with E-state index < -0.39 is 18.0 Å². The molecule has 1 aromatic rings. The minimum Gasteiger partial charge on any atom is -0.463 e. The van der Waals surface area contributed by atoms with Crippen LogP contribution in [0.3, 0.4) is 0 Å². The monoisotopic (exact) mass is 302 g/mol. The van der Waals surface area contributed by atoms with Gasteiger partial charge >= 0.3 is 12.0 Å². The van der Waals surface area contributed by atoms with Gasteiger partial charge in [0.2, 0.25) is 6.41 Å². The van der Waals surface area contributed by atoms with Crippen LogP contribution in [0.25, 0.3) is 0 Å². The Hall–Kier alpha value is -2.63. The molecule has 0 unspecified atom stereocenters. The fourth-order valence-electron chi connectivity index (χ4n) is 2.48. The highest BCUT2D eigenvalue weighted by molar-refractivity contribution is 5.98. The molecule has 1 heterocycles. The lowest BCUT2D eigenvalue weighted by atomic mass is 9.94. The van der Waals surface area contributed by atoms with Gasteiger partial charge in [0.1, 0.15) is 6.04 Å². The van der Waals surface area contributed by atoms with Gasteiger partial charge in [-0.25, -0.2) is 9.59 Å². The number of ether oxygens (including phenoxy) is 1. The zero-order valence-electron chi connectivity index (χ0n) is 12.8. The van der Waals surface area contributed by atoms with E-state index in [1.54, 1.807) is 38.1 Å². The lowest BCUT2D eigenvalue weighted by molar-refractivity contribution is -0.139. The topological polar surface area (TPSA) is 66.9 Å². The van der Waals surface area contributed by atoms with Gasteiger partial charge < -0.3 is 9.64 Å². The third-order valence-corrected chi connectivity index (χ3v) is 3.68. The van der Waals surface area contributed by atoms with Crippen LogP contribution in [0.1, 0.15) is 25.5 Å². The quantitative estimate of drug-likeness (QED) is 0.631. The fourth-order valence-corrected chi connectivity index (χ4v) is 2.48. The number of carbonyl (C=O) groups is 3. The summed E-state index contributed by atoms with van der Waals surface area (Å²) in [6.07, 6.45) is 0.447. The molecular formula is C16H18N2O4. The normalized spacial score (nSPS) is 18.5. The van der Waals surface area contributed by atoms with Gasteiger partial charge in [0, 0.05) is 12.7 Å². The fraction of sp³-hybridized carbons (Fsp3) is 0.312. The van der Waals surface area contributed by atoms with Crippen molar-refractivity contribution in [3.8, 4) is 0 Å². The van der Waals surface area contributed by atoms with Crippen molar-refractivity contribution in [2.45, 2.75) is 19.9 Å². The summed E-state index contributed by atoms with van der Waals surface area (Å²) in [5.41, 5.74) is 1.45. The molecule has 1 aromatic carbocycles. The highest BCUT2D eigenvalue weighted by Gasteiger charge is 2.40. The molecule has 0 radical (unpaired) electrons. The highest BCUT2D eigenvalue weighted by atomic mass is 16.5. The van der Waals surface area contributed by atoms with Crippen molar-refractivity contribution >= 4 is 18.4 Å². The summed E-state index contributed by atoms with van der Waals surface area (Å²) in [5.74, 6) is -0.528. The van der Waals surface area contributed by atoms with Gasteiger partial charge in [-0.2, -0.15) is 0 Å². The molecular weight excluding hydrogens is 284 g/mol. The molecule has 0 bridgehead atoms. The molecule has 6 heteroatoms. The summed E-state index contributed by atoms with van der Waals surface area (Å²) in [6, 6.07) is 7.69. The molecule has 0 aromatic heterocycles. The largest absolute Gasteiger partial charge is 0.463 e. The average molecular weight is 302 g/mol. The second-order valence-corrected chi connectivity index (χ2v) is 4.89. The summed E-state index contributed by atoms with van der Waals surface area (Å²) in [6.45, 7) is 3.60. The van der Waals surface area contributed by atoms with Crippen molar-refractivity contribution in [2.75, 3.05) is 13.7 Å². The van der Waals surface area contributed by atoms with Gasteiger partial charge in [-0.3, -0.25) is 9.69 Å². The standard InChI is InChI=1S/C16H18N2O4/c1-4-22-15(20)13-11(2)17(3)16(21)18(10-19)14(13)12-8-6-5-7-9-12/h5-10,14H,4H2,1-3H3/t14-/m1/s1. The Labute approximate surface area is 129 Å². The molecule has 1 aliphatic rings. The average Bonchev–Trinajstić information content (AvgIpc) is 2.53. The summed E-state index contributed by atoms with van der Waals surface area (Å²) in [7, 11) is 1.52. The Bertz CT molecular complexity index is 624. The lowest BCUT2D eigenvalue weighted by Gasteiger charge is -2.38. The molecule has 0 spiro atoms. The van der Waals surface area contributed by atoms with Crippen LogP contribution in [0.2, 0.25) is 0 Å². The Morgan fingerprint density at radius 2 is 1.95 bits per heavy atom. The Morgan fingerprint density at radius 1 is 1.32 bits per heavy atom. The van der Waals surface area contributed by atoms with E-state index in [0.29, 0.717) is 23.2 Å². The van der Waals surface area contributed by atoms with Gasteiger partial charge in [0.25, 0.3) is 0 Å². The van der Waals surface area contributed by atoms with Crippen molar-refractivity contribution in [1.82, 2.24) is 9.80 Å². The maximum absolute atomic E-state index is 12.3. The molecule has 0 fully saturated rings.